The molecule has 0 radical (unpaired) electrons. The summed E-state index contributed by atoms with van der Waals surface area (Å²) in [5.41, 5.74) is -3.42. The minimum atomic E-state index is -5.67. The van der Waals surface area contributed by atoms with Crippen LogP contribution >= 0.6 is 0 Å². The Hall–Kier alpha value is -2.67. The Bertz CT molecular complexity index is 1190. The van der Waals surface area contributed by atoms with Gasteiger partial charge in [0.05, 0.1) is 4.90 Å². The summed E-state index contributed by atoms with van der Waals surface area (Å²) in [4.78, 5) is 12.2. The van der Waals surface area contributed by atoms with E-state index in [4.69, 9.17) is 0 Å². The number of sulfonamides is 1. The third-order valence-electron chi connectivity index (χ3n) is 6.06. The summed E-state index contributed by atoms with van der Waals surface area (Å²) in [6.07, 6.45) is -4.28. The molecule has 1 fully saturated rings. The highest BCUT2D eigenvalue weighted by Gasteiger charge is 2.42. The standard InChI is InChI=1S/C23H23F7N2O3S/c1-13-5-7-15(8-6-13)36(34,35)32-11-9-14(10-12-32)3-2-4-16(33)31-22-20(26)18(24)17(23(28,29)30)19(25)21(22)27/h5-8,14H,2-4,9-12H2,1H3,(H,31,33). The van der Waals surface area contributed by atoms with Gasteiger partial charge >= 0.3 is 6.18 Å². The van der Waals surface area contributed by atoms with Gasteiger partial charge in [0, 0.05) is 19.5 Å². The molecule has 0 aromatic heterocycles. The van der Waals surface area contributed by atoms with Crippen LogP contribution in [0, 0.1) is 36.1 Å². The molecule has 36 heavy (non-hydrogen) atoms. The van der Waals surface area contributed by atoms with E-state index < -0.39 is 56.6 Å². The van der Waals surface area contributed by atoms with E-state index in [9.17, 15) is 43.9 Å². The monoisotopic (exact) mass is 540 g/mol. The second-order valence-corrected chi connectivity index (χ2v) is 10.5. The fourth-order valence-electron chi connectivity index (χ4n) is 4.04. The van der Waals surface area contributed by atoms with Gasteiger partial charge in [-0.05, 0) is 50.7 Å². The average molecular weight is 541 g/mol. The van der Waals surface area contributed by atoms with Crippen molar-refractivity contribution in [3.8, 4) is 0 Å². The Balaban J connectivity index is 1.52. The minimum absolute atomic E-state index is 0.0664. The van der Waals surface area contributed by atoms with Gasteiger partial charge in [-0.2, -0.15) is 17.5 Å². The predicted molar refractivity (Wildman–Crippen MR) is 116 cm³/mol. The summed E-state index contributed by atoms with van der Waals surface area (Å²) in [6, 6.07) is 6.48. The molecule has 0 atom stereocenters. The van der Waals surface area contributed by atoms with Gasteiger partial charge in [0.25, 0.3) is 0 Å². The van der Waals surface area contributed by atoms with Crippen molar-refractivity contribution in [2.75, 3.05) is 18.4 Å². The number of alkyl halides is 3. The number of carbonyl (C=O) groups is 1. The number of piperidine rings is 1. The van der Waals surface area contributed by atoms with Crippen molar-refractivity contribution in [2.45, 2.75) is 50.1 Å². The van der Waals surface area contributed by atoms with Crippen LogP contribution in [0.25, 0.3) is 0 Å². The molecule has 0 unspecified atom stereocenters. The van der Waals surface area contributed by atoms with Crippen LogP contribution in [0.4, 0.5) is 36.4 Å². The minimum Gasteiger partial charge on any atom is -0.321 e. The fraction of sp³-hybridized carbons (Fsp3) is 0.435. The third kappa shape index (κ3) is 6.00. The first-order valence-corrected chi connectivity index (χ1v) is 12.5. The maximum Gasteiger partial charge on any atom is 0.422 e. The summed E-state index contributed by atoms with van der Waals surface area (Å²) < 4.78 is 120. The Morgan fingerprint density at radius 2 is 1.50 bits per heavy atom. The van der Waals surface area contributed by atoms with E-state index in [1.54, 1.807) is 17.4 Å². The lowest BCUT2D eigenvalue weighted by atomic mass is 9.92. The van der Waals surface area contributed by atoms with Crippen LogP contribution in [-0.4, -0.2) is 31.7 Å². The first-order valence-electron chi connectivity index (χ1n) is 11.0. The fourth-order valence-corrected chi connectivity index (χ4v) is 5.51. The third-order valence-corrected chi connectivity index (χ3v) is 7.97. The number of amides is 1. The van der Waals surface area contributed by atoms with Crippen LogP contribution in [0.1, 0.15) is 43.2 Å². The lowest BCUT2D eigenvalue weighted by Gasteiger charge is -2.31. The molecule has 1 heterocycles. The highest BCUT2D eigenvalue weighted by molar-refractivity contribution is 7.89. The summed E-state index contributed by atoms with van der Waals surface area (Å²) in [6.45, 7) is 2.39. The highest BCUT2D eigenvalue weighted by atomic mass is 32.2. The normalized spacial score (nSPS) is 15.8. The molecule has 3 rings (SSSR count). The quantitative estimate of drug-likeness (QED) is 0.358. The lowest BCUT2D eigenvalue weighted by Crippen LogP contribution is -2.38. The number of rotatable bonds is 7. The number of anilines is 1. The second kappa shape index (κ2) is 10.8. The summed E-state index contributed by atoms with van der Waals surface area (Å²) in [7, 11) is -3.63. The molecule has 1 aliphatic heterocycles. The van der Waals surface area contributed by atoms with Crippen molar-refractivity contribution in [2.24, 2.45) is 5.92 Å². The summed E-state index contributed by atoms with van der Waals surface area (Å²) in [5, 5.41) is 1.60. The van der Waals surface area contributed by atoms with Gasteiger partial charge in [-0.15, -0.1) is 0 Å². The molecule has 5 nitrogen and oxygen atoms in total. The molecule has 0 saturated carbocycles. The zero-order chi connectivity index (χ0) is 26.8. The van der Waals surface area contributed by atoms with E-state index in [2.05, 4.69) is 0 Å². The van der Waals surface area contributed by atoms with Crippen molar-refractivity contribution in [3.05, 3.63) is 58.7 Å². The van der Waals surface area contributed by atoms with Gasteiger partial charge in [-0.3, -0.25) is 4.79 Å². The number of halogens is 7. The average Bonchev–Trinajstić information content (AvgIpc) is 2.80. The van der Waals surface area contributed by atoms with Crippen LogP contribution in [0.3, 0.4) is 0 Å². The van der Waals surface area contributed by atoms with Crippen molar-refractivity contribution >= 4 is 21.6 Å². The molecule has 1 saturated heterocycles. The van der Waals surface area contributed by atoms with Gasteiger partial charge in [-0.1, -0.05) is 17.7 Å². The molecule has 13 heteroatoms. The molecular formula is C23H23F7N2O3S. The van der Waals surface area contributed by atoms with Gasteiger partial charge in [0.2, 0.25) is 15.9 Å². The van der Waals surface area contributed by atoms with E-state index in [1.165, 1.54) is 16.4 Å². The summed E-state index contributed by atoms with van der Waals surface area (Å²) >= 11 is 0. The number of benzene rings is 2. The van der Waals surface area contributed by atoms with Crippen LogP contribution in [0.2, 0.25) is 0 Å². The Morgan fingerprint density at radius 3 is 2.00 bits per heavy atom. The maximum atomic E-state index is 13.9. The van der Waals surface area contributed by atoms with Crippen molar-refractivity contribution in [3.63, 3.8) is 0 Å². The maximum absolute atomic E-state index is 13.9. The first-order chi connectivity index (χ1) is 16.7. The van der Waals surface area contributed by atoms with Gasteiger partial charge in [0.15, 0.2) is 23.3 Å². The smallest absolute Gasteiger partial charge is 0.321 e. The number of aryl methyl sites for hydroxylation is 1. The molecule has 0 bridgehead atoms. The van der Waals surface area contributed by atoms with Crippen LogP contribution in [-0.2, 0) is 21.0 Å². The molecule has 1 aliphatic rings. The zero-order valence-corrected chi connectivity index (χ0v) is 19.9. The van der Waals surface area contributed by atoms with Crippen molar-refractivity contribution in [1.82, 2.24) is 4.31 Å². The molecule has 2 aromatic rings. The number of nitrogens with one attached hydrogen (secondary N) is 1. The number of nitrogens with zero attached hydrogens (tertiary/aromatic N) is 1. The molecular weight excluding hydrogens is 517 g/mol. The van der Waals surface area contributed by atoms with E-state index >= 15 is 0 Å². The highest BCUT2D eigenvalue weighted by Crippen LogP contribution is 2.38. The van der Waals surface area contributed by atoms with Crippen LogP contribution < -0.4 is 5.32 Å². The van der Waals surface area contributed by atoms with Crippen LogP contribution in [0.5, 0.6) is 0 Å². The van der Waals surface area contributed by atoms with E-state index in [0.717, 1.165) is 5.56 Å². The Labute approximate surface area is 203 Å². The van der Waals surface area contributed by atoms with E-state index in [0.29, 0.717) is 19.3 Å². The Kier molecular flexibility index (Phi) is 8.33. The Morgan fingerprint density at radius 1 is 0.972 bits per heavy atom. The van der Waals surface area contributed by atoms with Crippen LogP contribution in [0.15, 0.2) is 29.2 Å². The number of hydrogen-bond acceptors (Lipinski definition) is 3. The zero-order valence-electron chi connectivity index (χ0n) is 19.1. The lowest BCUT2D eigenvalue weighted by molar-refractivity contribution is -0.143. The van der Waals surface area contributed by atoms with E-state index in [1.807, 2.05) is 6.92 Å². The molecule has 198 valence electrons. The van der Waals surface area contributed by atoms with Gasteiger partial charge in [0.1, 0.15) is 11.3 Å². The van der Waals surface area contributed by atoms with Crippen molar-refractivity contribution in [1.29, 1.82) is 0 Å². The molecule has 2 aromatic carbocycles. The van der Waals surface area contributed by atoms with Crippen molar-refractivity contribution < 1.29 is 43.9 Å². The molecule has 0 spiro atoms. The molecule has 1 N–H and O–H groups in total. The number of carbonyl (C=O) groups excluding carboxylic acids is 1. The predicted octanol–water partition coefficient (Wildman–Crippen LogP) is 5.78. The molecule has 1 amide bonds. The topological polar surface area (TPSA) is 66.5 Å². The molecule has 0 aliphatic carbocycles. The van der Waals surface area contributed by atoms with Gasteiger partial charge < -0.3 is 5.32 Å². The second-order valence-electron chi connectivity index (χ2n) is 8.60. The SMILES string of the molecule is Cc1ccc(S(=O)(=O)N2CCC(CCCC(=O)Nc3c(F)c(F)c(C(F)(F)F)c(F)c3F)CC2)cc1. The van der Waals surface area contributed by atoms with Gasteiger partial charge in [-0.25, -0.2) is 26.0 Å². The first kappa shape index (κ1) is 27.9. The number of hydrogen-bond donors (Lipinski definition) is 1. The summed E-state index contributed by atoms with van der Waals surface area (Å²) in [5.74, 6) is -11.0. The van der Waals surface area contributed by atoms with E-state index in [-0.39, 0.29) is 36.7 Å². The largest absolute Gasteiger partial charge is 0.422 e.